The molecule has 0 unspecified atom stereocenters. The molecular weight excluding hydrogens is 260 g/mol. The number of hydrogen-bond acceptors (Lipinski definition) is 2. The number of benzene rings is 2. The zero-order chi connectivity index (χ0) is 13.8. The van der Waals surface area contributed by atoms with Gasteiger partial charge in [-0.15, -0.1) is 0 Å². The molecule has 0 bridgehead atoms. The van der Waals surface area contributed by atoms with E-state index in [0.29, 0.717) is 16.3 Å². The maximum absolute atomic E-state index is 12.1. The number of hydrogen-bond donors (Lipinski definition) is 1. The summed E-state index contributed by atoms with van der Waals surface area (Å²) >= 11 is 5.88. The number of carbonyl (C=O) groups is 1. The van der Waals surface area contributed by atoms with Gasteiger partial charge >= 0.3 is 0 Å². The number of anilines is 2. The van der Waals surface area contributed by atoms with Crippen molar-refractivity contribution in [2.24, 2.45) is 0 Å². The van der Waals surface area contributed by atoms with E-state index in [0.717, 1.165) is 5.69 Å². The highest BCUT2D eigenvalue weighted by Gasteiger charge is 2.07. The molecule has 1 amide bonds. The van der Waals surface area contributed by atoms with Crippen LogP contribution < -0.4 is 10.2 Å². The number of nitrogens with one attached hydrogen (secondary N) is 1. The summed E-state index contributed by atoms with van der Waals surface area (Å²) in [6.45, 7) is 0. The molecule has 0 saturated carbocycles. The SMILES string of the molecule is CN(C)c1cccc(C(=O)Nc2cccc(Cl)c2)c1. The Morgan fingerprint density at radius 3 is 2.53 bits per heavy atom. The van der Waals surface area contributed by atoms with Crippen molar-refractivity contribution in [1.82, 2.24) is 0 Å². The molecule has 0 spiro atoms. The first-order chi connectivity index (χ1) is 9.06. The lowest BCUT2D eigenvalue weighted by atomic mass is 10.1. The van der Waals surface area contributed by atoms with E-state index in [1.54, 1.807) is 30.3 Å². The molecule has 2 rings (SSSR count). The van der Waals surface area contributed by atoms with E-state index >= 15 is 0 Å². The van der Waals surface area contributed by atoms with Gasteiger partial charge in [0.25, 0.3) is 5.91 Å². The highest BCUT2D eigenvalue weighted by atomic mass is 35.5. The van der Waals surface area contributed by atoms with Crippen LogP contribution in [0.5, 0.6) is 0 Å². The Labute approximate surface area is 117 Å². The van der Waals surface area contributed by atoms with Crippen LogP contribution in [0.3, 0.4) is 0 Å². The Balaban J connectivity index is 2.18. The number of rotatable bonds is 3. The molecule has 0 saturated heterocycles. The second kappa shape index (κ2) is 5.76. The molecule has 2 aromatic rings. The molecule has 0 heterocycles. The minimum atomic E-state index is -0.147. The van der Waals surface area contributed by atoms with Gasteiger partial charge in [-0.05, 0) is 36.4 Å². The molecule has 2 aromatic carbocycles. The van der Waals surface area contributed by atoms with Gasteiger partial charge in [0.05, 0.1) is 0 Å². The summed E-state index contributed by atoms with van der Waals surface area (Å²) in [6, 6.07) is 14.5. The van der Waals surface area contributed by atoms with Gasteiger partial charge in [-0.25, -0.2) is 0 Å². The van der Waals surface area contributed by atoms with E-state index in [1.165, 1.54) is 0 Å². The minimum Gasteiger partial charge on any atom is -0.378 e. The predicted molar refractivity (Wildman–Crippen MR) is 80.2 cm³/mol. The lowest BCUT2D eigenvalue weighted by Crippen LogP contribution is -2.14. The topological polar surface area (TPSA) is 32.3 Å². The Morgan fingerprint density at radius 2 is 1.84 bits per heavy atom. The lowest BCUT2D eigenvalue weighted by molar-refractivity contribution is 0.102. The summed E-state index contributed by atoms with van der Waals surface area (Å²) < 4.78 is 0. The fourth-order valence-electron chi connectivity index (χ4n) is 1.69. The highest BCUT2D eigenvalue weighted by molar-refractivity contribution is 6.30. The van der Waals surface area contributed by atoms with Crippen LogP contribution >= 0.6 is 11.6 Å². The van der Waals surface area contributed by atoms with Crippen LogP contribution in [-0.2, 0) is 0 Å². The van der Waals surface area contributed by atoms with Crippen LogP contribution in [0, 0.1) is 0 Å². The number of carbonyl (C=O) groups excluding carboxylic acids is 1. The quantitative estimate of drug-likeness (QED) is 0.926. The summed E-state index contributed by atoms with van der Waals surface area (Å²) in [4.78, 5) is 14.1. The van der Waals surface area contributed by atoms with Crippen molar-refractivity contribution < 1.29 is 4.79 Å². The van der Waals surface area contributed by atoms with Crippen LogP contribution in [0.2, 0.25) is 5.02 Å². The van der Waals surface area contributed by atoms with Crippen LogP contribution in [0.15, 0.2) is 48.5 Å². The van der Waals surface area contributed by atoms with Gasteiger partial charge < -0.3 is 10.2 Å². The van der Waals surface area contributed by atoms with Crippen molar-refractivity contribution in [3.63, 3.8) is 0 Å². The maximum Gasteiger partial charge on any atom is 0.255 e. The fraction of sp³-hybridized carbons (Fsp3) is 0.133. The molecule has 19 heavy (non-hydrogen) atoms. The molecule has 0 atom stereocenters. The van der Waals surface area contributed by atoms with E-state index < -0.39 is 0 Å². The van der Waals surface area contributed by atoms with E-state index in [4.69, 9.17) is 11.6 Å². The number of amides is 1. The Hall–Kier alpha value is -2.00. The zero-order valence-electron chi connectivity index (χ0n) is 10.9. The van der Waals surface area contributed by atoms with Crippen LogP contribution in [0.4, 0.5) is 11.4 Å². The summed E-state index contributed by atoms with van der Waals surface area (Å²) in [5.41, 5.74) is 2.29. The molecule has 0 aliphatic rings. The highest BCUT2D eigenvalue weighted by Crippen LogP contribution is 2.18. The first kappa shape index (κ1) is 13.4. The van der Waals surface area contributed by atoms with Crippen molar-refractivity contribution in [1.29, 1.82) is 0 Å². The van der Waals surface area contributed by atoms with Crippen molar-refractivity contribution in [2.75, 3.05) is 24.3 Å². The van der Waals surface area contributed by atoms with Gasteiger partial charge in [0.2, 0.25) is 0 Å². The second-order valence-corrected chi connectivity index (χ2v) is 4.85. The van der Waals surface area contributed by atoms with Crippen molar-refractivity contribution in [3.05, 3.63) is 59.1 Å². The molecule has 0 aliphatic carbocycles. The zero-order valence-corrected chi connectivity index (χ0v) is 11.6. The lowest BCUT2D eigenvalue weighted by Gasteiger charge is -2.13. The molecule has 0 aromatic heterocycles. The molecular formula is C15H15ClN2O. The fourth-order valence-corrected chi connectivity index (χ4v) is 1.89. The molecule has 98 valence electrons. The Bertz CT molecular complexity index is 596. The standard InChI is InChI=1S/C15H15ClN2O/c1-18(2)14-8-3-5-11(9-14)15(19)17-13-7-4-6-12(16)10-13/h3-10H,1-2H3,(H,17,19). The van der Waals surface area contributed by atoms with Gasteiger partial charge in [-0.3, -0.25) is 4.79 Å². The van der Waals surface area contributed by atoms with Crippen LogP contribution in [0.25, 0.3) is 0 Å². The first-order valence-corrected chi connectivity index (χ1v) is 6.28. The summed E-state index contributed by atoms with van der Waals surface area (Å²) in [7, 11) is 3.88. The number of halogens is 1. The third-order valence-corrected chi connectivity index (χ3v) is 2.94. The molecule has 0 radical (unpaired) electrons. The van der Waals surface area contributed by atoms with Gasteiger partial charge in [0.1, 0.15) is 0 Å². The smallest absolute Gasteiger partial charge is 0.255 e. The summed E-state index contributed by atoms with van der Waals surface area (Å²) in [5, 5.41) is 3.42. The average Bonchev–Trinajstić information content (AvgIpc) is 2.39. The molecule has 4 heteroatoms. The largest absolute Gasteiger partial charge is 0.378 e. The van der Waals surface area contributed by atoms with Gasteiger partial charge in [0, 0.05) is 36.1 Å². The van der Waals surface area contributed by atoms with Gasteiger partial charge in [0.15, 0.2) is 0 Å². The van der Waals surface area contributed by atoms with E-state index in [9.17, 15) is 4.79 Å². The number of nitrogens with zero attached hydrogens (tertiary/aromatic N) is 1. The third-order valence-electron chi connectivity index (χ3n) is 2.71. The molecule has 1 N–H and O–H groups in total. The molecule has 0 fully saturated rings. The Kier molecular flexibility index (Phi) is 4.07. The predicted octanol–water partition coefficient (Wildman–Crippen LogP) is 3.66. The summed E-state index contributed by atoms with van der Waals surface area (Å²) in [6.07, 6.45) is 0. The van der Waals surface area contributed by atoms with E-state index in [-0.39, 0.29) is 5.91 Å². The minimum absolute atomic E-state index is 0.147. The second-order valence-electron chi connectivity index (χ2n) is 4.41. The van der Waals surface area contributed by atoms with E-state index in [2.05, 4.69) is 5.32 Å². The third kappa shape index (κ3) is 3.48. The molecule has 3 nitrogen and oxygen atoms in total. The monoisotopic (exact) mass is 274 g/mol. The van der Waals surface area contributed by atoms with Crippen molar-refractivity contribution in [2.45, 2.75) is 0 Å². The molecule has 0 aliphatic heterocycles. The average molecular weight is 275 g/mol. The van der Waals surface area contributed by atoms with E-state index in [1.807, 2.05) is 37.2 Å². The van der Waals surface area contributed by atoms with Crippen LogP contribution in [0.1, 0.15) is 10.4 Å². The normalized spacial score (nSPS) is 10.1. The first-order valence-electron chi connectivity index (χ1n) is 5.90. The summed E-state index contributed by atoms with van der Waals surface area (Å²) in [5.74, 6) is -0.147. The Morgan fingerprint density at radius 1 is 1.11 bits per heavy atom. The van der Waals surface area contributed by atoms with Crippen LogP contribution in [-0.4, -0.2) is 20.0 Å². The van der Waals surface area contributed by atoms with Crippen molar-refractivity contribution >= 4 is 28.9 Å². The maximum atomic E-state index is 12.1. The van der Waals surface area contributed by atoms with Gasteiger partial charge in [-0.1, -0.05) is 23.7 Å². The van der Waals surface area contributed by atoms with Gasteiger partial charge in [-0.2, -0.15) is 0 Å². The van der Waals surface area contributed by atoms with Crippen molar-refractivity contribution in [3.8, 4) is 0 Å².